The van der Waals surface area contributed by atoms with Crippen molar-refractivity contribution in [3.63, 3.8) is 0 Å². The Kier molecular flexibility index (Phi) is 5.78. The zero-order valence-corrected chi connectivity index (χ0v) is 18.6. The summed E-state index contributed by atoms with van der Waals surface area (Å²) in [5.41, 5.74) is 9.54. The minimum Gasteiger partial charge on any atom is -0.253 e. The molecular weight excluding hydrogens is 433 g/mol. The van der Waals surface area contributed by atoms with Gasteiger partial charge in [0.25, 0.3) is 0 Å². The van der Waals surface area contributed by atoms with Gasteiger partial charge in [-0.3, -0.25) is 5.43 Å². The molecular formula is C26H20FN5S. The highest BCUT2D eigenvalue weighted by Gasteiger charge is 2.11. The average Bonchev–Trinajstić information content (AvgIpc) is 3.49. The first-order chi connectivity index (χ1) is 16.2. The minimum atomic E-state index is -0.266. The number of benzene rings is 3. The van der Waals surface area contributed by atoms with E-state index in [2.05, 4.69) is 46.7 Å². The summed E-state index contributed by atoms with van der Waals surface area (Å²) in [6, 6.07) is 24.5. The van der Waals surface area contributed by atoms with E-state index in [-0.39, 0.29) is 5.82 Å². The van der Waals surface area contributed by atoms with Crippen molar-refractivity contribution in [3.05, 3.63) is 107 Å². The molecule has 0 atom stereocenters. The Bertz CT molecular complexity index is 1390. The van der Waals surface area contributed by atoms with Crippen LogP contribution in [0.5, 0.6) is 0 Å². The van der Waals surface area contributed by atoms with Crippen molar-refractivity contribution in [2.75, 3.05) is 5.43 Å². The molecule has 5 nitrogen and oxygen atoms in total. The number of nitrogens with zero attached hydrogens (tertiary/aromatic N) is 4. The van der Waals surface area contributed by atoms with Crippen LogP contribution in [0.15, 0.2) is 95.5 Å². The van der Waals surface area contributed by atoms with Crippen molar-refractivity contribution in [2.45, 2.75) is 6.92 Å². The highest BCUT2D eigenvalue weighted by atomic mass is 32.1. The number of hydrogen-bond donors (Lipinski definition) is 1. The number of anilines is 1. The van der Waals surface area contributed by atoms with Gasteiger partial charge in [0.2, 0.25) is 5.13 Å². The molecule has 5 aromatic rings. The third kappa shape index (κ3) is 4.73. The number of nitrogens with one attached hydrogen (secondary N) is 1. The molecule has 0 aliphatic carbocycles. The first-order valence-corrected chi connectivity index (χ1v) is 11.3. The summed E-state index contributed by atoms with van der Waals surface area (Å²) >= 11 is 1.44. The van der Waals surface area contributed by atoms with Crippen LogP contribution in [-0.2, 0) is 0 Å². The van der Waals surface area contributed by atoms with E-state index in [1.165, 1.54) is 29.0 Å². The van der Waals surface area contributed by atoms with Gasteiger partial charge in [0.05, 0.1) is 17.6 Å². The highest BCUT2D eigenvalue weighted by molar-refractivity contribution is 7.14. The van der Waals surface area contributed by atoms with E-state index in [9.17, 15) is 4.39 Å². The van der Waals surface area contributed by atoms with Crippen LogP contribution in [0.2, 0.25) is 0 Å². The molecule has 0 radical (unpaired) electrons. The zero-order valence-electron chi connectivity index (χ0n) is 17.8. The number of halogens is 1. The molecule has 3 aromatic carbocycles. The monoisotopic (exact) mass is 453 g/mol. The number of thiazole rings is 1. The van der Waals surface area contributed by atoms with Gasteiger partial charge in [0, 0.05) is 28.3 Å². The van der Waals surface area contributed by atoms with Gasteiger partial charge in [-0.25, -0.2) is 14.1 Å². The Hall–Kier alpha value is -4.10. The van der Waals surface area contributed by atoms with Crippen LogP contribution < -0.4 is 5.43 Å². The van der Waals surface area contributed by atoms with Gasteiger partial charge in [0.1, 0.15) is 11.5 Å². The molecule has 0 saturated carbocycles. The number of aromatic nitrogens is 3. The van der Waals surface area contributed by atoms with E-state index in [1.54, 1.807) is 18.3 Å². The van der Waals surface area contributed by atoms with Crippen LogP contribution in [0.4, 0.5) is 9.52 Å². The summed E-state index contributed by atoms with van der Waals surface area (Å²) in [5, 5.41) is 11.8. The number of hydrazone groups is 1. The van der Waals surface area contributed by atoms with Crippen LogP contribution in [0.1, 0.15) is 11.1 Å². The fourth-order valence-corrected chi connectivity index (χ4v) is 4.03. The van der Waals surface area contributed by atoms with E-state index < -0.39 is 0 Å². The van der Waals surface area contributed by atoms with Crippen molar-refractivity contribution >= 4 is 22.7 Å². The van der Waals surface area contributed by atoms with Crippen molar-refractivity contribution in [1.29, 1.82) is 0 Å². The molecule has 7 heteroatoms. The van der Waals surface area contributed by atoms with Gasteiger partial charge in [-0.1, -0.05) is 48.0 Å². The molecule has 2 aromatic heterocycles. The van der Waals surface area contributed by atoms with Crippen LogP contribution in [0.25, 0.3) is 28.2 Å². The second-order valence-electron chi connectivity index (χ2n) is 7.49. The Labute approximate surface area is 194 Å². The van der Waals surface area contributed by atoms with Crippen LogP contribution in [-0.4, -0.2) is 21.0 Å². The summed E-state index contributed by atoms with van der Waals surface area (Å²) < 4.78 is 15.0. The van der Waals surface area contributed by atoms with Gasteiger partial charge in [0.15, 0.2) is 0 Å². The Morgan fingerprint density at radius 3 is 2.42 bits per heavy atom. The minimum absolute atomic E-state index is 0.266. The Balaban J connectivity index is 1.41. The first kappa shape index (κ1) is 20.8. The second kappa shape index (κ2) is 9.18. The Morgan fingerprint density at radius 1 is 0.939 bits per heavy atom. The largest absolute Gasteiger partial charge is 0.253 e. The second-order valence-corrected chi connectivity index (χ2v) is 8.35. The van der Waals surface area contributed by atoms with E-state index in [1.807, 2.05) is 46.6 Å². The van der Waals surface area contributed by atoms with Gasteiger partial charge in [-0.15, -0.1) is 11.3 Å². The van der Waals surface area contributed by atoms with Crippen LogP contribution >= 0.6 is 11.3 Å². The normalized spacial score (nSPS) is 11.2. The van der Waals surface area contributed by atoms with Gasteiger partial charge in [-0.2, -0.15) is 10.2 Å². The van der Waals surface area contributed by atoms with Crippen LogP contribution in [0.3, 0.4) is 0 Å². The topological polar surface area (TPSA) is 55.1 Å². The van der Waals surface area contributed by atoms with Gasteiger partial charge in [-0.05, 0) is 43.3 Å². The molecule has 1 N–H and O–H groups in total. The molecule has 33 heavy (non-hydrogen) atoms. The fourth-order valence-electron chi connectivity index (χ4n) is 3.37. The molecule has 0 fully saturated rings. The lowest BCUT2D eigenvalue weighted by atomic mass is 10.1. The third-order valence-corrected chi connectivity index (χ3v) is 5.84. The standard InChI is InChI=1S/C26H20FN5S/c1-18-7-9-20(10-8-18)25-21(16-32(31-25)23-5-3-2-4-6-23)15-28-30-26-29-24(17-33-26)19-11-13-22(27)14-12-19/h2-17H,1H3,(H,29,30)/b28-15+. The SMILES string of the molecule is Cc1ccc(-c2nn(-c3ccccc3)cc2/C=N/Nc2nc(-c3ccc(F)cc3)cs2)cc1. The van der Waals surface area contributed by atoms with Crippen LogP contribution in [0, 0.1) is 12.7 Å². The predicted octanol–water partition coefficient (Wildman–Crippen LogP) is 6.56. The molecule has 0 aliphatic heterocycles. The zero-order chi connectivity index (χ0) is 22.6. The summed E-state index contributed by atoms with van der Waals surface area (Å²) in [6.07, 6.45) is 3.71. The maximum atomic E-state index is 13.2. The molecule has 0 aliphatic rings. The van der Waals surface area contributed by atoms with E-state index >= 15 is 0 Å². The van der Waals surface area contributed by atoms with Gasteiger partial charge < -0.3 is 0 Å². The summed E-state index contributed by atoms with van der Waals surface area (Å²) in [7, 11) is 0. The number of hydrogen-bond acceptors (Lipinski definition) is 5. The summed E-state index contributed by atoms with van der Waals surface area (Å²) in [4.78, 5) is 4.53. The summed E-state index contributed by atoms with van der Waals surface area (Å²) in [5.74, 6) is -0.266. The van der Waals surface area contributed by atoms with E-state index in [0.717, 1.165) is 33.8 Å². The van der Waals surface area contributed by atoms with E-state index in [0.29, 0.717) is 5.13 Å². The van der Waals surface area contributed by atoms with E-state index in [4.69, 9.17) is 5.10 Å². The van der Waals surface area contributed by atoms with Crippen molar-refractivity contribution in [2.24, 2.45) is 5.10 Å². The maximum absolute atomic E-state index is 13.2. The molecule has 2 heterocycles. The Morgan fingerprint density at radius 2 is 1.67 bits per heavy atom. The smallest absolute Gasteiger partial charge is 0.203 e. The quantitative estimate of drug-likeness (QED) is 0.234. The lowest BCUT2D eigenvalue weighted by Gasteiger charge is -2.01. The molecule has 162 valence electrons. The molecule has 0 amide bonds. The summed E-state index contributed by atoms with van der Waals surface area (Å²) in [6.45, 7) is 2.06. The van der Waals surface area contributed by atoms with Crippen molar-refractivity contribution in [3.8, 4) is 28.2 Å². The number of para-hydroxylation sites is 1. The molecule has 0 unspecified atom stereocenters. The van der Waals surface area contributed by atoms with Crippen molar-refractivity contribution < 1.29 is 4.39 Å². The molecule has 0 spiro atoms. The molecule has 0 bridgehead atoms. The fraction of sp³-hybridized carbons (Fsp3) is 0.0385. The van der Waals surface area contributed by atoms with Crippen molar-refractivity contribution in [1.82, 2.24) is 14.8 Å². The number of rotatable bonds is 6. The molecule has 5 rings (SSSR count). The first-order valence-electron chi connectivity index (χ1n) is 10.4. The lowest BCUT2D eigenvalue weighted by molar-refractivity contribution is 0.628. The predicted molar refractivity (Wildman–Crippen MR) is 132 cm³/mol. The highest BCUT2D eigenvalue weighted by Crippen LogP contribution is 2.26. The van der Waals surface area contributed by atoms with Gasteiger partial charge >= 0.3 is 0 Å². The maximum Gasteiger partial charge on any atom is 0.203 e. The average molecular weight is 454 g/mol. The number of aryl methyl sites for hydroxylation is 1. The third-order valence-electron chi connectivity index (χ3n) is 5.10. The lowest BCUT2D eigenvalue weighted by Crippen LogP contribution is -1.93. The molecule has 0 saturated heterocycles.